The molecule has 2 heterocycles. The lowest BCUT2D eigenvalue weighted by atomic mass is 9.92. The summed E-state index contributed by atoms with van der Waals surface area (Å²) in [6.45, 7) is 5.47. The van der Waals surface area contributed by atoms with Crippen molar-refractivity contribution in [3.8, 4) is 0 Å². The average Bonchev–Trinajstić information content (AvgIpc) is 2.64. The molecular formula is C12H19ClN2S. The molecule has 1 aromatic rings. The van der Waals surface area contributed by atoms with Crippen molar-refractivity contribution in [2.45, 2.75) is 32.4 Å². The second-order valence-corrected chi connectivity index (χ2v) is 6.16. The second kappa shape index (κ2) is 5.50. The lowest BCUT2D eigenvalue weighted by Gasteiger charge is -2.34. The van der Waals surface area contributed by atoms with E-state index in [2.05, 4.69) is 17.9 Å². The van der Waals surface area contributed by atoms with Gasteiger partial charge in [-0.3, -0.25) is 4.90 Å². The number of halogens is 1. The van der Waals surface area contributed by atoms with Crippen LogP contribution in [0.1, 0.15) is 24.6 Å². The Labute approximate surface area is 106 Å². The largest absolute Gasteiger partial charge is 0.328 e. The van der Waals surface area contributed by atoms with E-state index in [0.717, 1.165) is 18.1 Å². The molecule has 16 heavy (non-hydrogen) atoms. The first-order valence-electron chi connectivity index (χ1n) is 5.86. The molecule has 2 N–H and O–H groups in total. The maximum atomic E-state index is 5.98. The van der Waals surface area contributed by atoms with Crippen LogP contribution >= 0.6 is 22.9 Å². The summed E-state index contributed by atoms with van der Waals surface area (Å²) in [6.07, 6.45) is 2.55. The van der Waals surface area contributed by atoms with E-state index in [-0.39, 0.29) is 0 Å². The maximum Gasteiger partial charge on any atom is 0.0516 e. The van der Waals surface area contributed by atoms with Gasteiger partial charge in [0, 0.05) is 29.4 Å². The van der Waals surface area contributed by atoms with E-state index in [1.54, 1.807) is 11.3 Å². The van der Waals surface area contributed by atoms with Gasteiger partial charge in [-0.25, -0.2) is 0 Å². The van der Waals surface area contributed by atoms with Crippen molar-refractivity contribution >= 4 is 22.9 Å². The minimum Gasteiger partial charge on any atom is -0.328 e. The Morgan fingerprint density at radius 3 is 3.12 bits per heavy atom. The molecule has 2 atom stereocenters. The molecule has 2 rings (SSSR count). The molecule has 0 radical (unpaired) electrons. The van der Waals surface area contributed by atoms with Gasteiger partial charge in [-0.1, -0.05) is 11.6 Å². The lowest BCUT2D eigenvalue weighted by molar-refractivity contribution is 0.155. The summed E-state index contributed by atoms with van der Waals surface area (Å²) in [5.74, 6) is 0.657. The number of nitrogens with two attached hydrogens (primary N) is 1. The first kappa shape index (κ1) is 12.4. The molecule has 0 amide bonds. The molecule has 2 unspecified atom stereocenters. The van der Waals surface area contributed by atoms with E-state index < -0.39 is 0 Å². The van der Waals surface area contributed by atoms with Crippen molar-refractivity contribution in [2.24, 2.45) is 11.7 Å². The molecule has 0 aromatic carbocycles. The topological polar surface area (TPSA) is 29.3 Å². The van der Waals surface area contributed by atoms with Crippen molar-refractivity contribution in [3.05, 3.63) is 21.3 Å². The van der Waals surface area contributed by atoms with Crippen LogP contribution in [0.4, 0.5) is 0 Å². The average molecular weight is 259 g/mol. The molecular weight excluding hydrogens is 240 g/mol. The van der Waals surface area contributed by atoms with Crippen molar-refractivity contribution in [1.82, 2.24) is 4.90 Å². The number of hydrogen-bond donors (Lipinski definition) is 1. The zero-order valence-electron chi connectivity index (χ0n) is 9.66. The fraction of sp³-hybridized carbons (Fsp3) is 0.667. The normalized spacial score (nSPS) is 24.6. The molecule has 2 nitrogen and oxygen atoms in total. The zero-order chi connectivity index (χ0) is 11.5. The number of nitrogens with zero attached hydrogens (tertiary/aromatic N) is 1. The highest BCUT2D eigenvalue weighted by Crippen LogP contribution is 2.24. The number of piperidine rings is 1. The Balaban J connectivity index is 1.90. The van der Waals surface area contributed by atoms with E-state index in [1.807, 2.05) is 5.38 Å². The Morgan fingerprint density at radius 1 is 1.69 bits per heavy atom. The smallest absolute Gasteiger partial charge is 0.0516 e. The predicted molar refractivity (Wildman–Crippen MR) is 71.0 cm³/mol. The van der Waals surface area contributed by atoms with Gasteiger partial charge in [-0.15, -0.1) is 11.3 Å². The number of likely N-dealkylation sites (tertiary alicyclic amines) is 1. The van der Waals surface area contributed by atoms with Crippen molar-refractivity contribution in [2.75, 3.05) is 13.1 Å². The highest BCUT2D eigenvalue weighted by atomic mass is 35.5. The van der Waals surface area contributed by atoms with Crippen LogP contribution in [0.2, 0.25) is 5.02 Å². The van der Waals surface area contributed by atoms with Crippen LogP contribution in [-0.2, 0) is 6.54 Å². The van der Waals surface area contributed by atoms with Crippen molar-refractivity contribution < 1.29 is 0 Å². The van der Waals surface area contributed by atoms with Crippen LogP contribution in [0, 0.1) is 5.92 Å². The molecule has 90 valence electrons. The van der Waals surface area contributed by atoms with E-state index in [9.17, 15) is 0 Å². The second-order valence-electron chi connectivity index (χ2n) is 4.73. The SMILES string of the molecule is CC(N)C1CCCN(Cc2cc(Cl)cs2)C1. The molecule has 1 saturated heterocycles. The third kappa shape index (κ3) is 3.20. The van der Waals surface area contributed by atoms with Gasteiger partial charge in [-0.2, -0.15) is 0 Å². The summed E-state index contributed by atoms with van der Waals surface area (Å²) < 4.78 is 0. The van der Waals surface area contributed by atoms with E-state index >= 15 is 0 Å². The summed E-state index contributed by atoms with van der Waals surface area (Å²) in [5.41, 5.74) is 5.98. The molecule has 1 aliphatic heterocycles. The lowest BCUT2D eigenvalue weighted by Crippen LogP contribution is -2.41. The minimum atomic E-state index is 0.315. The molecule has 1 fully saturated rings. The van der Waals surface area contributed by atoms with Gasteiger partial charge >= 0.3 is 0 Å². The summed E-state index contributed by atoms with van der Waals surface area (Å²) in [6, 6.07) is 2.39. The van der Waals surface area contributed by atoms with E-state index in [1.165, 1.54) is 24.3 Å². The third-order valence-electron chi connectivity index (χ3n) is 3.29. The Bertz CT molecular complexity index is 338. The fourth-order valence-corrected chi connectivity index (χ4v) is 3.44. The van der Waals surface area contributed by atoms with Crippen molar-refractivity contribution in [3.63, 3.8) is 0 Å². The van der Waals surface area contributed by atoms with Gasteiger partial charge in [0.2, 0.25) is 0 Å². The highest BCUT2D eigenvalue weighted by Gasteiger charge is 2.22. The molecule has 0 bridgehead atoms. The highest BCUT2D eigenvalue weighted by molar-refractivity contribution is 7.10. The molecule has 4 heteroatoms. The van der Waals surface area contributed by atoms with Gasteiger partial charge in [0.25, 0.3) is 0 Å². The number of thiophene rings is 1. The van der Waals surface area contributed by atoms with Crippen LogP contribution < -0.4 is 5.73 Å². The van der Waals surface area contributed by atoms with Gasteiger partial charge in [0.15, 0.2) is 0 Å². The third-order valence-corrected chi connectivity index (χ3v) is 4.56. The summed E-state index contributed by atoms with van der Waals surface area (Å²) in [4.78, 5) is 3.86. The standard InChI is InChI=1S/C12H19ClN2S/c1-9(14)10-3-2-4-15(6-10)7-12-5-11(13)8-16-12/h5,8-10H,2-4,6-7,14H2,1H3. The summed E-state index contributed by atoms with van der Waals surface area (Å²) >= 11 is 7.68. The zero-order valence-corrected chi connectivity index (χ0v) is 11.2. The van der Waals surface area contributed by atoms with Gasteiger partial charge in [0.1, 0.15) is 0 Å². The maximum absolute atomic E-state index is 5.98. The quantitative estimate of drug-likeness (QED) is 0.903. The minimum absolute atomic E-state index is 0.315. The van der Waals surface area contributed by atoms with Crippen LogP contribution in [0.25, 0.3) is 0 Å². The van der Waals surface area contributed by atoms with Crippen LogP contribution in [0.15, 0.2) is 11.4 Å². The first-order valence-corrected chi connectivity index (χ1v) is 7.12. The number of hydrogen-bond acceptors (Lipinski definition) is 3. The molecule has 0 spiro atoms. The van der Waals surface area contributed by atoms with Gasteiger partial charge in [0.05, 0.1) is 5.02 Å². The predicted octanol–water partition coefficient (Wildman–Crippen LogP) is 2.96. The van der Waals surface area contributed by atoms with Crippen LogP contribution in [-0.4, -0.2) is 24.0 Å². The molecule has 0 aliphatic carbocycles. The molecule has 1 aromatic heterocycles. The van der Waals surface area contributed by atoms with Crippen LogP contribution in [0.3, 0.4) is 0 Å². The van der Waals surface area contributed by atoms with Gasteiger partial charge < -0.3 is 5.73 Å². The Kier molecular flexibility index (Phi) is 4.25. The fourth-order valence-electron chi connectivity index (χ4n) is 2.32. The molecule has 1 aliphatic rings. The van der Waals surface area contributed by atoms with Crippen molar-refractivity contribution in [1.29, 1.82) is 0 Å². The van der Waals surface area contributed by atoms with E-state index in [4.69, 9.17) is 17.3 Å². The monoisotopic (exact) mass is 258 g/mol. The summed E-state index contributed by atoms with van der Waals surface area (Å²) in [7, 11) is 0. The molecule has 0 saturated carbocycles. The van der Waals surface area contributed by atoms with E-state index in [0.29, 0.717) is 12.0 Å². The van der Waals surface area contributed by atoms with Gasteiger partial charge in [-0.05, 0) is 38.3 Å². The first-order chi connectivity index (χ1) is 7.65. The number of rotatable bonds is 3. The Morgan fingerprint density at radius 2 is 2.50 bits per heavy atom. The van der Waals surface area contributed by atoms with Crippen LogP contribution in [0.5, 0.6) is 0 Å². The Hall–Kier alpha value is -0.0900. The summed E-state index contributed by atoms with van der Waals surface area (Å²) in [5, 5.41) is 2.87.